The van der Waals surface area contributed by atoms with Crippen LogP contribution >= 0.6 is 0 Å². The monoisotopic (exact) mass is 264 g/mol. The molecule has 1 saturated heterocycles. The molecule has 0 amide bonds. The summed E-state index contributed by atoms with van der Waals surface area (Å²) in [7, 11) is 0. The van der Waals surface area contributed by atoms with Gasteiger partial charge in [-0.2, -0.15) is 0 Å². The average Bonchev–Trinajstić information content (AvgIpc) is 2.67. The molecule has 3 rings (SSSR count). The molecule has 2 aliphatic carbocycles. The molecule has 5 atom stereocenters. The predicted octanol–water partition coefficient (Wildman–Crippen LogP) is 2.56. The minimum absolute atomic E-state index is 0.0366. The van der Waals surface area contributed by atoms with Crippen LogP contribution in [0.3, 0.4) is 0 Å². The predicted molar refractivity (Wildman–Crippen MR) is 69.1 cm³/mol. The number of allylic oxidation sites excluding steroid dienone is 1. The lowest BCUT2D eigenvalue weighted by molar-refractivity contribution is -0.290. The Bertz CT molecular complexity index is 463. The highest BCUT2D eigenvalue weighted by atomic mass is 17.1. The molecule has 0 aromatic heterocycles. The van der Waals surface area contributed by atoms with E-state index in [1.807, 2.05) is 19.1 Å². The van der Waals surface area contributed by atoms with Gasteiger partial charge < -0.3 is 4.74 Å². The van der Waals surface area contributed by atoms with Crippen LogP contribution in [0.25, 0.3) is 0 Å². The second kappa shape index (κ2) is 4.46. The Morgan fingerprint density at radius 3 is 2.84 bits per heavy atom. The second-order valence-electron chi connectivity index (χ2n) is 6.21. The minimum Gasteiger partial charge on any atom is -0.454 e. The molecule has 4 heteroatoms. The van der Waals surface area contributed by atoms with Gasteiger partial charge in [0, 0.05) is 17.4 Å². The first-order chi connectivity index (χ1) is 9.04. The van der Waals surface area contributed by atoms with Crippen LogP contribution in [0.5, 0.6) is 0 Å². The molecule has 0 bridgehead atoms. The van der Waals surface area contributed by atoms with E-state index in [0.29, 0.717) is 11.8 Å². The van der Waals surface area contributed by atoms with Gasteiger partial charge in [0.2, 0.25) is 0 Å². The quantitative estimate of drug-likeness (QED) is 0.360. The third-order valence-electron chi connectivity index (χ3n) is 4.91. The van der Waals surface area contributed by atoms with Crippen LogP contribution in [0.2, 0.25) is 0 Å². The first-order valence-corrected chi connectivity index (χ1v) is 6.94. The number of carbonyl (C=O) groups is 1. The molecule has 4 nitrogen and oxygen atoms in total. The highest BCUT2D eigenvalue weighted by molar-refractivity contribution is 5.92. The van der Waals surface area contributed by atoms with E-state index < -0.39 is 0 Å². The molecule has 0 saturated carbocycles. The summed E-state index contributed by atoms with van der Waals surface area (Å²) in [6, 6.07) is 0. The van der Waals surface area contributed by atoms with Gasteiger partial charge in [-0.25, -0.2) is 9.68 Å². The van der Waals surface area contributed by atoms with Crippen molar-refractivity contribution in [3.8, 4) is 0 Å². The smallest absolute Gasteiger partial charge is 0.334 e. The zero-order chi connectivity index (χ0) is 13.7. The van der Waals surface area contributed by atoms with Crippen LogP contribution in [0.4, 0.5) is 0 Å². The molecule has 1 N–H and O–H groups in total. The van der Waals surface area contributed by atoms with Crippen molar-refractivity contribution in [1.82, 2.24) is 0 Å². The average molecular weight is 264 g/mol. The standard InChI is InChI=1S/C15H20O4/c1-7(2)9-4-5-10-12-11(18-15(10)16)6-8(3)14(19-17)13(9)12/h5-7,9,11-14,17H,4H2,1-3H3/t9-,11?,12?,13?,14?/m1/s1. The van der Waals surface area contributed by atoms with E-state index in [0.717, 1.165) is 17.6 Å². The number of rotatable bonds is 2. The van der Waals surface area contributed by atoms with Crippen LogP contribution in [-0.4, -0.2) is 23.4 Å². The van der Waals surface area contributed by atoms with Crippen molar-refractivity contribution in [2.24, 2.45) is 23.7 Å². The van der Waals surface area contributed by atoms with Crippen LogP contribution < -0.4 is 0 Å². The van der Waals surface area contributed by atoms with Crippen molar-refractivity contribution in [3.63, 3.8) is 0 Å². The van der Waals surface area contributed by atoms with Gasteiger partial charge in [-0.15, -0.1) is 0 Å². The normalized spacial score (nSPS) is 40.7. The molecule has 4 unspecified atom stereocenters. The highest BCUT2D eigenvalue weighted by Crippen LogP contribution is 2.51. The summed E-state index contributed by atoms with van der Waals surface area (Å²) in [5, 5.41) is 9.27. The van der Waals surface area contributed by atoms with E-state index in [9.17, 15) is 10.1 Å². The number of hydrogen-bond acceptors (Lipinski definition) is 4. The number of carbonyl (C=O) groups excluding carboxylic acids is 1. The van der Waals surface area contributed by atoms with E-state index in [1.54, 1.807) is 0 Å². The fourth-order valence-electron chi connectivity index (χ4n) is 3.99. The second-order valence-corrected chi connectivity index (χ2v) is 6.21. The van der Waals surface area contributed by atoms with Gasteiger partial charge in [-0.05, 0) is 36.8 Å². The van der Waals surface area contributed by atoms with Gasteiger partial charge in [-0.1, -0.05) is 19.9 Å². The van der Waals surface area contributed by atoms with Crippen molar-refractivity contribution in [3.05, 3.63) is 23.3 Å². The third kappa shape index (κ3) is 1.77. The summed E-state index contributed by atoms with van der Waals surface area (Å²) in [6.45, 7) is 6.29. The van der Waals surface area contributed by atoms with Crippen LogP contribution in [0.15, 0.2) is 23.3 Å². The third-order valence-corrected chi connectivity index (χ3v) is 4.91. The van der Waals surface area contributed by atoms with Crippen LogP contribution in [0, 0.1) is 23.7 Å². The fraction of sp³-hybridized carbons (Fsp3) is 0.667. The van der Waals surface area contributed by atoms with Gasteiger partial charge in [0.15, 0.2) is 0 Å². The molecule has 19 heavy (non-hydrogen) atoms. The fourth-order valence-corrected chi connectivity index (χ4v) is 3.99. The Morgan fingerprint density at radius 1 is 1.47 bits per heavy atom. The van der Waals surface area contributed by atoms with Crippen molar-refractivity contribution >= 4 is 5.97 Å². The molecular formula is C15H20O4. The Hall–Kier alpha value is -1.13. The summed E-state index contributed by atoms with van der Waals surface area (Å²) in [4.78, 5) is 16.7. The molecule has 0 spiro atoms. The van der Waals surface area contributed by atoms with E-state index in [1.165, 1.54) is 0 Å². The zero-order valence-electron chi connectivity index (χ0n) is 11.5. The molecule has 1 heterocycles. The van der Waals surface area contributed by atoms with Crippen LogP contribution in [0.1, 0.15) is 27.2 Å². The molecule has 0 aromatic rings. The Morgan fingerprint density at radius 2 is 2.21 bits per heavy atom. The molecule has 104 valence electrons. The summed E-state index contributed by atoms with van der Waals surface area (Å²) in [5.74, 6) is 0.819. The van der Waals surface area contributed by atoms with Crippen molar-refractivity contribution < 1.29 is 19.7 Å². The van der Waals surface area contributed by atoms with Crippen molar-refractivity contribution in [1.29, 1.82) is 0 Å². The zero-order valence-corrected chi connectivity index (χ0v) is 11.5. The van der Waals surface area contributed by atoms with Gasteiger partial charge >= 0.3 is 5.97 Å². The van der Waals surface area contributed by atoms with Gasteiger partial charge in [0.25, 0.3) is 0 Å². The lowest BCUT2D eigenvalue weighted by atomic mass is 9.61. The Kier molecular flexibility index (Phi) is 3.02. The summed E-state index contributed by atoms with van der Waals surface area (Å²) in [6.07, 6.45) is 4.28. The summed E-state index contributed by atoms with van der Waals surface area (Å²) < 4.78 is 5.45. The first-order valence-electron chi connectivity index (χ1n) is 6.94. The molecule has 1 aliphatic heterocycles. The maximum atomic E-state index is 11.9. The molecular weight excluding hydrogens is 244 g/mol. The molecule has 1 fully saturated rings. The molecule has 0 aromatic carbocycles. The topological polar surface area (TPSA) is 55.8 Å². The van der Waals surface area contributed by atoms with Crippen molar-refractivity contribution in [2.75, 3.05) is 0 Å². The maximum absolute atomic E-state index is 11.9. The SMILES string of the molecule is CC1=CC2OC(=O)C3=CC[C@H](C(C)C)C(C1OO)C32. The van der Waals surface area contributed by atoms with E-state index in [4.69, 9.17) is 9.62 Å². The minimum atomic E-state index is -0.327. The van der Waals surface area contributed by atoms with E-state index in [2.05, 4.69) is 13.8 Å². The van der Waals surface area contributed by atoms with Crippen LogP contribution in [-0.2, 0) is 14.4 Å². The molecule has 3 aliphatic rings. The van der Waals surface area contributed by atoms with Crippen molar-refractivity contribution in [2.45, 2.75) is 39.4 Å². The Balaban J connectivity index is 2.08. The van der Waals surface area contributed by atoms with E-state index in [-0.39, 0.29) is 30.0 Å². The number of ether oxygens (including phenoxy) is 1. The lowest BCUT2D eigenvalue weighted by Gasteiger charge is -2.44. The molecule has 0 radical (unpaired) electrons. The number of hydrogen-bond donors (Lipinski definition) is 1. The Labute approximate surface area is 113 Å². The lowest BCUT2D eigenvalue weighted by Crippen LogP contribution is -2.46. The maximum Gasteiger partial charge on any atom is 0.334 e. The van der Waals surface area contributed by atoms with Gasteiger partial charge in [0.1, 0.15) is 12.2 Å². The van der Waals surface area contributed by atoms with Gasteiger partial charge in [0.05, 0.1) is 0 Å². The summed E-state index contributed by atoms with van der Waals surface area (Å²) >= 11 is 0. The summed E-state index contributed by atoms with van der Waals surface area (Å²) in [5.41, 5.74) is 1.73. The van der Waals surface area contributed by atoms with E-state index >= 15 is 0 Å². The first kappa shape index (κ1) is 12.9. The largest absolute Gasteiger partial charge is 0.454 e. The highest BCUT2D eigenvalue weighted by Gasteiger charge is 2.54. The van der Waals surface area contributed by atoms with Gasteiger partial charge in [-0.3, -0.25) is 5.26 Å². The number of esters is 1.